The lowest BCUT2D eigenvalue weighted by Gasteiger charge is -2.26. The minimum absolute atomic E-state index is 0.391. The second kappa shape index (κ2) is 11.5. The zero-order valence-electron chi connectivity index (χ0n) is 16.0. The predicted octanol–water partition coefficient (Wildman–Crippen LogP) is 3.58. The van der Waals surface area contributed by atoms with E-state index in [1.165, 1.54) is 0 Å². The minimum Gasteiger partial charge on any atom is -0.496 e. The topological polar surface area (TPSA) is 41.9 Å². The van der Waals surface area contributed by atoms with Crippen molar-refractivity contribution in [2.45, 2.75) is 46.8 Å². The number of hydrogen-bond donors (Lipinski definition) is 1. The smallest absolute Gasteiger partial charge is 0.123 e. The molecule has 0 amide bonds. The van der Waals surface area contributed by atoms with Gasteiger partial charge in [0.05, 0.1) is 19.8 Å². The third kappa shape index (κ3) is 8.67. The molecule has 0 saturated heterocycles. The van der Waals surface area contributed by atoms with E-state index in [0.29, 0.717) is 31.6 Å². The Morgan fingerprint density at radius 2 is 1.75 bits per heavy atom. The van der Waals surface area contributed by atoms with Crippen molar-refractivity contribution in [2.24, 2.45) is 11.8 Å². The van der Waals surface area contributed by atoms with Crippen LogP contribution in [-0.4, -0.2) is 49.5 Å². The summed E-state index contributed by atoms with van der Waals surface area (Å²) in [7, 11) is 1.70. The van der Waals surface area contributed by atoms with E-state index < -0.39 is 6.10 Å². The SMILES string of the molecule is COc1ccccc1CN(CCC(C)C)CC(O)COCC(C)C. The number of benzene rings is 1. The van der Waals surface area contributed by atoms with Gasteiger partial charge in [-0.3, -0.25) is 4.90 Å². The third-order valence-electron chi connectivity index (χ3n) is 3.84. The zero-order valence-corrected chi connectivity index (χ0v) is 16.0. The first-order valence-electron chi connectivity index (χ1n) is 9.02. The van der Waals surface area contributed by atoms with Gasteiger partial charge in [0.1, 0.15) is 5.75 Å². The number of hydrogen-bond acceptors (Lipinski definition) is 4. The molecule has 0 spiro atoms. The molecule has 1 atom stereocenters. The average molecular weight is 338 g/mol. The van der Waals surface area contributed by atoms with Crippen LogP contribution >= 0.6 is 0 Å². The van der Waals surface area contributed by atoms with E-state index in [9.17, 15) is 5.11 Å². The summed E-state index contributed by atoms with van der Waals surface area (Å²) in [5, 5.41) is 10.3. The van der Waals surface area contributed by atoms with Gasteiger partial charge in [0, 0.05) is 25.3 Å². The van der Waals surface area contributed by atoms with Crippen LogP contribution in [-0.2, 0) is 11.3 Å². The summed E-state index contributed by atoms with van der Waals surface area (Å²) in [5.41, 5.74) is 1.15. The highest BCUT2D eigenvalue weighted by molar-refractivity contribution is 5.33. The molecule has 4 nitrogen and oxygen atoms in total. The molecule has 138 valence electrons. The highest BCUT2D eigenvalue weighted by atomic mass is 16.5. The van der Waals surface area contributed by atoms with Crippen LogP contribution in [0.2, 0.25) is 0 Å². The zero-order chi connectivity index (χ0) is 17.9. The van der Waals surface area contributed by atoms with Crippen molar-refractivity contribution in [3.63, 3.8) is 0 Å². The second-order valence-electron chi connectivity index (χ2n) is 7.31. The van der Waals surface area contributed by atoms with Gasteiger partial charge in [-0.15, -0.1) is 0 Å². The summed E-state index contributed by atoms with van der Waals surface area (Å²) < 4.78 is 11.0. The molecular weight excluding hydrogens is 302 g/mol. The van der Waals surface area contributed by atoms with Crippen molar-refractivity contribution in [3.8, 4) is 5.75 Å². The van der Waals surface area contributed by atoms with Crippen molar-refractivity contribution >= 4 is 0 Å². The van der Waals surface area contributed by atoms with Gasteiger partial charge in [0.25, 0.3) is 0 Å². The fourth-order valence-corrected chi connectivity index (χ4v) is 2.54. The predicted molar refractivity (Wildman–Crippen MR) is 99.4 cm³/mol. The van der Waals surface area contributed by atoms with Gasteiger partial charge < -0.3 is 14.6 Å². The van der Waals surface area contributed by atoms with Crippen LogP contribution in [0.3, 0.4) is 0 Å². The first kappa shape index (κ1) is 20.9. The number of rotatable bonds is 12. The molecule has 0 heterocycles. The van der Waals surface area contributed by atoms with Gasteiger partial charge in [0.15, 0.2) is 0 Å². The Balaban J connectivity index is 2.62. The summed E-state index contributed by atoms with van der Waals surface area (Å²) >= 11 is 0. The van der Waals surface area contributed by atoms with Crippen molar-refractivity contribution in [2.75, 3.05) is 33.4 Å². The van der Waals surface area contributed by atoms with Gasteiger partial charge in [-0.2, -0.15) is 0 Å². The Morgan fingerprint density at radius 3 is 2.38 bits per heavy atom. The quantitative estimate of drug-likeness (QED) is 0.633. The highest BCUT2D eigenvalue weighted by Gasteiger charge is 2.15. The van der Waals surface area contributed by atoms with Crippen LogP contribution in [0.25, 0.3) is 0 Å². The van der Waals surface area contributed by atoms with Crippen LogP contribution in [0.1, 0.15) is 39.7 Å². The van der Waals surface area contributed by atoms with Crippen LogP contribution in [0.15, 0.2) is 24.3 Å². The fourth-order valence-electron chi connectivity index (χ4n) is 2.54. The maximum absolute atomic E-state index is 10.3. The van der Waals surface area contributed by atoms with Crippen LogP contribution in [0.4, 0.5) is 0 Å². The molecule has 24 heavy (non-hydrogen) atoms. The van der Waals surface area contributed by atoms with Gasteiger partial charge in [-0.1, -0.05) is 45.9 Å². The minimum atomic E-state index is -0.467. The van der Waals surface area contributed by atoms with E-state index in [2.05, 4.69) is 38.7 Å². The summed E-state index contributed by atoms with van der Waals surface area (Å²) in [6.45, 7) is 12.1. The second-order valence-corrected chi connectivity index (χ2v) is 7.31. The van der Waals surface area contributed by atoms with E-state index in [1.54, 1.807) is 7.11 Å². The van der Waals surface area contributed by atoms with Gasteiger partial charge in [-0.05, 0) is 30.9 Å². The summed E-state index contributed by atoms with van der Waals surface area (Å²) in [4.78, 5) is 2.29. The maximum Gasteiger partial charge on any atom is 0.123 e. The molecule has 0 radical (unpaired) electrons. The number of para-hydroxylation sites is 1. The number of aliphatic hydroxyl groups excluding tert-OH is 1. The number of nitrogens with zero attached hydrogens (tertiary/aromatic N) is 1. The van der Waals surface area contributed by atoms with Crippen molar-refractivity contribution in [1.29, 1.82) is 0 Å². The largest absolute Gasteiger partial charge is 0.496 e. The molecule has 1 aromatic carbocycles. The van der Waals surface area contributed by atoms with Crippen molar-refractivity contribution in [3.05, 3.63) is 29.8 Å². The summed E-state index contributed by atoms with van der Waals surface area (Å²) in [5.74, 6) is 2.03. The lowest BCUT2D eigenvalue weighted by Crippen LogP contribution is -2.36. The van der Waals surface area contributed by atoms with Crippen LogP contribution in [0, 0.1) is 11.8 Å². The molecule has 1 unspecified atom stereocenters. The molecule has 0 aliphatic heterocycles. The highest BCUT2D eigenvalue weighted by Crippen LogP contribution is 2.20. The Labute approximate surface area is 147 Å². The monoisotopic (exact) mass is 337 g/mol. The maximum atomic E-state index is 10.3. The van der Waals surface area contributed by atoms with Crippen LogP contribution in [0.5, 0.6) is 5.75 Å². The Morgan fingerprint density at radius 1 is 1.04 bits per heavy atom. The first-order chi connectivity index (χ1) is 11.4. The molecule has 0 aliphatic rings. The Hall–Kier alpha value is -1.10. The fraction of sp³-hybridized carbons (Fsp3) is 0.700. The number of aliphatic hydroxyl groups is 1. The molecule has 0 aliphatic carbocycles. The molecule has 0 bridgehead atoms. The molecular formula is C20H35NO3. The standard InChI is InChI=1S/C20H35NO3/c1-16(2)10-11-21(13-19(22)15-24-14-17(3)4)12-18-8-6-7-9-20(18)23-5/h6-9,16-17,19,22H,10-15H2,1-5H3. The van der Waals surface area contributed by atoms with Gasteiger partial charge in [0.2, 0.25) is 0 Å². The number of ether oxygens (including phenoxy) is 2. The molecule has 0 saturated carbocycles. The molecule has 4 heteroatoms. The molecule has 1 aromatic rings. The average Bonchev–Trinajstić information content (AvgIpc) is 2.52. The van der Waals surface area contributed by atoms with Gasteiger partial charge >= 0.3 is 0 Å². The molecule has 1 rings (SSSR count). The van der Waals surface area contributed by atoms with Crippen LogP contribution < -0.4 is 4.74 Å². The lowest BCUT2D eigenvalue weighted by atomic mass is 10.1. The van der Waals surface area contributed by atoms with Gasteiger partial charge in [-0.25, -0.2) is 0 Å². The van der Waals surface area contributed by atoms with Crippen molar-refractivity contribution in [1.82, 2.24) is 4.90 Å². The molecule has 1 N–H and O–H groups in total. The first-order valence-corrected chi connectivity index (χ1v) is 9.02. The summed E-state index contributed by atoms with van der Waals surface area (Å²) in [6.07, 6.45) is 0.639. The lowest BCUT2D eigenvalue weighted by molar-refractivity contribution is 0.00619. The van der Waals surface area contributed by atoms with E-state index in [4.69, 9.17) is 9.47 Å². The summed E-state index contributed by atoms with van der Waals surface area (Å²) in [6, 6.07) is 8.08. The van der Waals surface area contributed by atoms with E-state index in [0.717, 1.165) is 30.8 Å². The Bertz CT molecular complexity index is 448. The van der Waals surface area contributed by atoms with Crippen molar-refractivity contribution < 1.29 is 14.6 Å². The molecule has 0 fully saturated rings. The number of methoxy groups -OCH3 is 1. The molecule has 0 aromatic heterocycles. The van der Waals surface area contributed by atoms with E-state index >= 15 is 0 Å². The third-order valence-corrected chi connectivity index (χ3v) is 3.84. The normalized spacial score (nSPS) is 13.0. The van der Waals surface area contributed by atoms with E-state index in [1.807, 2.05) is 18.2 Å². The Kier molecular flexibility index (Phi) is 9.99. The van der Waals surface area contributed by atoms with E-state index in [-0.39, 0.29) is 0 Å².